The lowest BCUT2D eigenvalue weighted by Crippen LogP contribution is -2.22. The van der Waals surface area contributed by atoms with Crippen molar-refractivity contribution >= 4 is 48.8 Å². The number of rotatable bonds is 4. The first-order valence-electron chi connectivity index (χ1n) is 4.06. The van der Waals surface area contributed by atoms with Crippen LogP contribution in [0.25, 0.3) is 0 Å². The quantitative estimate of drug-likeness (QED) is 0.334. The Morgan fingerprint density at radius 3 is 2.76 bits per heavy atom. The van der Waals surface area contributed by atoms with Crippen molar-refractivity contribution in [2.24, 2.45) is 0 Å². The molecule has 0 atom stereocenters. The number of nitrogens with one attached hydrogen (secondary N) is 1. The zero-order valence-corrected chi connectivity index (χ0v) is 11.7. The first-order chi connectivity index (χ1) is 7.83. The summed E-state index contributed by atoms with van der Waals surface area (Å²) in [5.41, 5.74) is -0.0810. The molecule has 1 aromatic rings. The third kappa shape index (κ3) is 4.71. The fourth-order valence-corrected chi connectivity index (χ4v) is 1.87. The highest BCUT2D eigenvalue weighted by molar-refractivity contribution is 14.1. The van der Waals surface area contributed by atoms with Crippen LogP contribution in [0, 0.1) is 0 Å². The minimum absolute atomic E-state index is 0.0118. The van der Waals surface area contributed by atoms with Gasteiger partial charge < -0.3 is 5.32 Å². The van der Waals surface area contributed by atoms with Gasteiger partial charge in [-0.2, -0.15) is 16.4 Å². The van der Waals surface area contributed by atoms with Gasteiger partial charge in [0.25, 0.3) is 21.5 Å². The maximum atomic E-state index is 12.0. The fraction of sp³-hybridized carbons (Fsp3) is 0.286. The highest BCUT2D eigenvalue weighted by atomic mass is 127. The first-order valence-corrected chi connectivity index (χ1v) is 6.70. The van der Waals surface area contributed by atoms with Crippen molar-refractivity contribution in [3.63, 3.8) is 0 Å². The zero-order valence-electron chi connectivity index (χ0n) is 8.00. The molecule has 0 aromatic carbocycles. The highest BCUT2D eigenvalue weighted by Crippen LogP contribution is 2.30. The summed E-state index contributed by atoms with van der Waals surface area (Å²) in [6.45, 7) is -1.26. The smallest absolute Gasteiger partial charge is 0.375 e. The Hall–Kier alpha value is -0.490. The number of anilines is 2. The van der Waals surface area contributed by atoms with Crippen LogP contribution in [0.15, 0.2) is 16.9 Å². The third-order valence-corrected chi connectivity index (χ3v) is 2.92. The predicted molar refractivity (Wildman–Crippen MR) is 65.5 cm³/mol. The van der Waals surface area contributed by atoms with Gasteiger partial charge in [0.1, 0.15) is 16.8 Å². The molecular weight excluding hydrogens is 422 g/mol. The molecule has 0 aliphatic rings. The minimum Gasteiger partial charge on any atom is -0.375 e. The molecule has 17 heavy (non-hydrogen) atoms. The lowest BCUT2D eigenvalue weighted by Gasteiger charge is -2.15. The second-order valence-electron chi connectivity index (χ2n) is 2.82. The summed E-state index contributed by atoms with van der Waals surface area (Å²) in [5.74, 6) is 0. The van der Waals surface area contributed by atoms with Crippen LogP contribution in [0.5, 0.6) is 0 Å². The van der Waals surface area contributed by atoms with Gasteiger partial charge >= 0.3 is 6.18 Å². The Kier molecular flexibility index (Phi) is 5.06. The van der Waals surface area contributed by atoms with Crippen LogP contribution in [-0.2, 0) is 3.07 Å². The molecule has 2 N–H and O–H groups in total. The van der Waals surface area contributed by atoms with Crippen molar-refractivity contribution < 1.29 is 21.4 Å². The second-order valence-corrected chi connectivity index (χ2v) is 4.94. The fourth-order valence-electron chi connectivity index (χ4n) is 0.944. The van der Waals surface area contributed by atoms with Gasteiger partial charge in [-0.3, -0.25) is 5.21 Å². The Balaban J connectivity index is 2.95. The molecule has 10 heteroatoms. The molecule has 0 saturated carbocycles. The van der Waals surface area contributed by atoms with Gasteiger partial charge in [0.05, 0.1) is 11.9 Å². The lowest BCUT2D eigenvalue weighted by atomic mass is 10.3. The van der Waals surface area contributed by atoms with E-state index in [1.54, 1.807) is 0 Å². The van der Waals surface area contributed by atoms with E-state index >= 15 is 0 Å². The van der Waals surface area contributed by atoms with Gasteiger partial charge in [0.2, 0.25) is 0 Å². The predicted octanol–water partition coefficient (Wildman–Crippen LogP) is 3.25. The van der Waals surface area contributed by atoms with Crippen LogP contribution in [-0.4, -0.2) is 22.9 Å². The summed E-state index contributed by atoms with van der Waals surface area (Å²) in [7, 11) is 0. The van der Waals surface area contributed by atoms with Gasteiger partial charge in [0, 0.05) is 0 Å². The molecule has 96 valence electrons. The number of aromatic nitrogens is 1. The van der Waals surface area contributed by atoms with Gasteiger partial charge in [-0.1, -0.05) is 0 Å². The van der Waals surface area contributed by atoms with E-state index in [4.69, 9.17) is 0 Å². The van der Waals surface area contributed by atoms with E-state index in [0.717, 1.165) is 6.20 Å². The van der Waals surface area contributed by atoms with Crippen molar-refractivity contribution in [1.82, 2.24) is 4.98 Å². The summed E-state index contributed by atoms with van der Waals surface area (Å²) in [5, 5.41) is 11.3. The van der Waals surface area contributed by atoms with E-state index in [0.29, 0.717) is 7.88 Å². The molecule has 0 unspecified atom stereocenters. The third-order valence-electron chi connectivity index (χ3n) is 1.59. The first kappa shape index (κ1) is 14.6. The van der Waals surface area contributed by atoms with Crippen LogP contribution in [0.2, 0.25) is 0 Å². The molecule has 0 spiro atoms. The molecular formula is C7H6BrF3IN3O2. The molecule has 0 fully saturated rings. The molecule has 5 nitrogen and oxygen atoms in total. The van der Waals surface area contributed by atoms with Crippen molar-refractivity contribution in [3.8, 4) is 0 Å². The topological polar surface area (TPSA) is 65.5 Å². The highest BCUT2D eigenvalue weighted by Gasteiger charge is 2.27. The number of hydrogen-bond acceptors (Lipinski definition) is 4. The maximum Gasteiger partial charge on any atom is 0.405 e. The van der Waals surface area contributed by atoms with Crippen molar-refractivity contribution in [1.29, 1.82) is 0 Å². The van der Waals surface area contributed by atoms with E-state index in [2.05, 4.69) is 26.2 Å². The van der Waals surface area contributed by atoms with Crippen LogP contribution in [0.1, 0.15) is 0 Å². The Bertz CT molecular complexity index is 418. The Morgan fingerprint density at radius 2 is 2.24 bits per heavy atom. The number of pyridine rings is 1. The van der Waals surface area contributed by atoms with Crippen molar-refractivity contribution in [2.75, 3.05) is 15.1 Å². The minimum atomic E-state index is -4.39. The van der Waals surface area contributed by atoms with Crippen LogP contribution < -0.4 is 8.59 Å². The largest absolute Gasteiger partial charge is 0.405 e. The number of halogens is 5. The van der Waals surface area contributed by atoms with E-state index in [1.807, 2.05) is 0 Å². The maximum absolute atomic E-state index is 12.0. The summed E-state index contributed by atoms with van der Waals surface area (Å²) < 4.78 is 47.3. The molecule has 0 saturated heterocycles. The normalized spacial score (nSPS) is 11.4. The van der Waals surface area contributed by atoms with Gasteiger partial charge in [-0.05, 0) is 22.0 Å². The summed E-state index contributed by atoms with van der Waals surface area (Å²) in [6, 6.07) is 1.25. The molecule has 1 aromatic heterocycles. The van der Waals surface area contributed by atoms with Gasteiger partial charge in [-0.25, -0.2) is 8.05 Å². The SMILES string of the molecule is O=IN(O)c1cnc(Br)cc1NCC(F)(F)F. The van der Waals surface area contributed by atoms with Crippen LogP contribution in [0.3, 0.4) is 0 Å². The Morgan fingerprint density at radius 1 is 1.59 bits per heavy atom. The molecule has 1 heterocycles. The van der Waals surface area contributed by atoms with Gasteiger partial charge in [-0.15, -0.1) is 0 Å². The number of hydrogen-bond donors (Lipinski definition) is 2. The molecule has 0 aliphatic heterocycles. The average Bonchev–Trinajstić information content (AvgIpc) is 2.24. The number of alkyl halides is 3. The number of nitrogens with zero attached hydrogens (tertiary/aromatic N) is 2. The van der Waals surface area contributed by atoms with Crippen molar-refractivity contribution in [3.05, 3.63) is 16.9 Å². The van der Waals surface area contributed by atoms with E-state index in [9.17, 15) is 21.4 Å². The second kappa shape index (κ2) is 5.91. The monoisotopic (exact) mass is 427 g/mol. The zero-order chi connectivity index (χ0) is 13.1. The lowest BCUT2D eigenvalue weighted by molar-refractivity contribution is -0.115. The molecule has 0 amide bonds. The van der Waals surface area contributed by atoms with E-state index in [1.165, 1.54) is 6.07 Å². The van der Waals surface area contributed by atoms with Crippen LogP contribution >= 0.6 is 37.4 Å². The standard InChI is InChI=1S/C7H6BrF3IN3O2/c8-6-1-4(14-3-7(9,10)11)5(2-13-6)15(17)12-16/h1-2,17H,3H2,(H,13,14). The molecule has 1 rings (SSSR count). The van der Waals surface area contributed by atoms with E-state index in [-0.39, 0.29) is 11.4 Å². The van der Waals surface area contributed by atoms with Crippen LogP contribution in [0.4, 0.5) is 24.5 Å². The molecule has 0 bridgehead atoms. The summed E-state index contributed by atoms with van der Waals surface area (Å²) >= 11 is 1.05. The molecule has 0 radical (unpaired) electrons. The summed E-state index contributed by atoms with van der Waals surface area (Å²) in [6.07, 6.45) is -3.28. The van der Waals surface area contributed by atoms with Gasteiger partial charge in [0.15, 0.2) is 0 Å². The van der Waals surface area contributed by atoms with E-state index < -0.39 is 34.2 Å². The Labute approximate surface area is 113 Å². The summed E-state index contributed by atoms with van der Waals surface area (Å²) in [4.78, 5) is 3.73. The average molecular weight is 428 g/mol. The molecule has 0 aliphatic carbocycles. The van der Waals surface area contributed by atoms with Crippen molar-refractivity contribution in [2.45, 2.75) is 6.18 Å².